The summed E-state index contributed by atoms with van der Waals surface area (Å²) in [5.74, 6) is 0.446. The van der Waals surface area contributed by atoms with Crippen LogP contribution < -0.4 is 4.90 Å². The second-order valence-corrected chi connectivity index (χ2v) is 8.04. The van der Waals surface area contributed by atoms with Gasteiger partial charge in [-0.25, -0.2) is 0 Å². The first kappa shape index (κ1) is 17.2. The van der Waals surface area contributed by atoms with Gasteiger partial charge in [0.2, 0.25) is 0 Å². The van der Waals surface area contributed by atoms with Gasteiger partial charge in [0.25, 0.3) is 10.0 Å². The smallest absolute Gasteiger partial charge is 0.293 e. The quantitative estimate of drug-likeness (QED) is 0.560. The van der Waals surface area contributed by atoms with Crippen LogP contribution in [0.2, 0.25) is 0 Å². The highest BCUT2D eigenvalue weighted by atomic mass is 32.2. The highest BCUT2D eigenvalue weighted by Crippen LogP contribution is 2.23. The van der Waals surface area contributed by atoms with Crippen molar-refractivity contribution in [3.05, 3.63) is 77.7 Å². The van der Waals surface area contributed by atoms with E-state index in [4.69, 9.17) is 0 Å². The zero-order valence-electron chi connectivity index (χ0n) is 13.4. The van der Waals surface area contributed by atoms with E-state index >= 15 is 0 Å². The minimum Gasteiger partial charge on any atom is -0.508 e. The van der Waals surface area contributed by atoms with E-state index in [-0.39, 0.29) is 9.96 Å². The molecule has 5 nitrogen and oxygen atoms in total. The van der Waals surface area contributed by atoms with Crippen molar-refractivity contribution in [2.75, 3.05) is 11.9 Å². The molecule has 0 saturated carbocycles. The van der Waals surface area contributed by atoms with E-state index < -0.39 is 10.0 Å². The first-order valence-corrected chi connectivity index (χ1v) is 9.76. The van der Waals surface area contributed by atoms with Crippen molar-refractivity contribution in [2.24, 2.45) is 4.40 Å². The molecular weight excluding hydrogens is 356 g/mol. The highest BCUT2D eigenvalue weighted by molar-refractivity contribution is 7.92. The standard InChI is InChI=1S/C18H16N2O3S2/c1-20(15-9-11-16(21)12-10-15)18(14-6-3-2-4-7-14)19-25(22,23)17-8-5-13-24-17/h2-13,21H,1H3. The molecule has 0 saturated heterocycles. The number of nitrogens with zero attached hydrogens (tertiary/aromatic N) is 2. The van der Waals surface area contributed by atoms with Crippen LogP contribution in [0.3, 0.4) is 0 Å². The summed E-state index contributed by atoms with van der Waals surface area (Å²) in [4.78, 5) is 1.68. The number of aromatic hydroxyl groups is 1. The van der Waals surface area contributed by atoms with E-state index in [1.165, 1.54) is 6.07 Å². The van der Waals surface area contributed by atoms with Gasteiger partial charge in [0, 0.05) is 18.3 Å². The molecule has 0 unspecified atom stereocenters. The third-order valence-corrected chi connectivity index (χ3v) is 6.18. The van der Waals surface area contributed by atoms with Crippen molar-refractivity contribution in [1.82, 2.24) is 0 Å². The third-order valence-electron chi connectivity index (χ3n) is 3.54. The number of rotatable bonds is 4. The lowest BCUT2D eigenvalue weighted by molar-refractivity contribution is 0.475. The molecule has 1 aromatic heterocycles. The zero-order valence-corrected chi connectivity index (χ0v) is 15.0. The fourth-order valence-corrected chi connectivity index (χ4v) is 4.27. The van der Waals surface area contributed by atoms with Gasteiger partial charge in [0.1, 0.15) is 9.96 Å². The summed E-state index contributed by atoms with van der Waals surface area (Å²) in [5.41, 5.74) is 1.39. The largest absolute Gasteiger partial charge is 0.508 e. The molecule has 25 heavy (non-hydrogen) atoms. The van der Waals surface area contributed by atoms with Crippen molar-refractivity contribution in [2.45, 2.75) is 4.21 Å². The Kier molecular flexibility index (Phi) is 4.87. The zero-order chi connectivity index (χ0) is 17.9. The van der Waals surface area contributed by atoms with E-state index in [9.17, 15) is 13.5 Å². The van der Waals surface area contributed by atoms with Gasteiger partial charge in [-0.05, 0) is 35.7 Å². The SMILES string of the molecule is CN(C(=NS(=O)(=O)c1cccs1)c1ccccc1)c1ccc(O)cc1. The Bertz CT molecular complexity index is 965. The van der Waals surface area contributed by atoms with E-state index in [2.05, 4.69) is 4.40 Å². The molecule has 1 heterocycles. The number of amidine groups is 1. The normalized spacial score (nSPS) is 12.1. The molecule has 128 valence electrons. The first-order valence-electron chi connectivity index (χ1n) is 7.44. The Labute approximate surface area is 150 Å². The van der Waals surface area contributed by atoms with Crippen molar-refractivity contribution in [3.63, 3.8) is 0 Å². The number of anilines is 1. The molecule has 0 aliphatic heterocycles. The summed E-state index contributed by atoms with van der Waals surface area (Å²) >= 11 is 1.13. The average Bonchev–Trinajstić information content (AvgIpc) is 3.16. The molecular formula is C18H16N2O3S2. The van der Waals surface area contributed by atoms with Gasteiger partial charge in [-0.1, -0.05) is 36.4 Å². The molecule has 0 amide bonds. The predicted octanol–water partition coefficient (Wildman–Crippen LogP) is 3.73. The molecule has 0 aliphatic carbocycles. The topological polar surface area (TPSA) is 70.0 Å². The summed E-state index contributed by atoms with van der Waals surface area (Å²) < 4.78 is 29.5. The van der Waals surface area contributed by atoms with Crippen LogP contribution in [0.25, 0.3) is 0 Å². The van der Waals surface area contributed by atoms with Crippen LogP contribution in [-0.4, -0.2) is 26.4 Å². The molecule has 0 aliphatic rings. The second-order valence-electron chi connectivity index (χ2n) is 5.26. The molecule has 2 aromatic carbocycles. The Morgan fingerprint density at radius 1 is 1.00 bits per heavy atom. The first-order chi connectivity index (χ1) is 12.0. The van der Waals surface area contributed by atoms with Crippen LogP contribution >= 0.6 is 11.3 Å². The lowest BCUT2D eigenvalue weighted by Gasteiger charge is -2.21. The van der Waals surface area contributed by atoms with Crippen LogP contribution in [0.4, 0.5) is 5.69 Å². The van der Waals surface area contributed by atoms with E-state index in [0.29, 0.717) is 17.1 Å². The number of sulfonamides is 1. The minimum absolute atomic E-state index is 0.140. The molecule has 0 fully saturated rings. The lowest BCUT2D eigenvalue weighted by atomic mass is 10.2. The maximum Gasteiger partial charge on any atom is 0.293 e. The van der Waals surface area contributed by atoms with Gasteiger partial charge in [0.15, 0.2) is 5.84 Å². The fraction of sp³-hybridized carbons (Fsp3) is 0.0556. The van der Waals surface area contributed by atoms with Gasteiger partial charge in [-0.15, -0.1) is 15.7 Å². The maximum atomic E-state index is 12.6. The molecule has 1 N–H and O–H groups in total. The fourth-order valence-electron chi connectivity index (χ4n) is 2.26. The molecule has 0 bridgehead atoms. The summed E-state index contributed by atoms with van der Waals surface area (Å²) in [6.07, 6.45) is 0. The average molecular weight is 372 g/mol. The van der Waals surface area contributed by atoms with Gasteiger partial charge >= 0.3 is 0 Å². The Morgan fingerprint density at radius 3 is 2.28 bits per heavy atom. The minimum atomic E-state index is -3.81. The van der Waals surface area contributed by atoms with Crippen LogP contribution in [-0.2, 0) is 10.0 Å². The number of hydrogen-bond acceptors (Lipinski definition) is 4. The number of phenolic OH excluding ortho intramolecular Hbond substituents is 1. The number of phenols is 1. The summed E-state index contributed by atoms with van der Waals surface area (Å²) in [6, 6.07) is 18.8. The molecule has 0 radical (unpaired) electrons. The molecule has 3 aromatic rings. The van der Waals surface area contributed by atoms with Gasteiger partial charge in [0.05, 0.1) is 0 Å². The van der Waals surface area contributed by atoms with E-state index in [1.807, 2.05) is 18.2 Å². The predicted molar refractivity (Wildman–Crippen MR) is 101 cm³/mol. The van der Waals surface area contributed by atoms with Crippen molar-refractivity contribution < 1.29 is 13.5 Å². The second kappa shape index (κ2) is 7.08. The van der Waals surface area contributed by atoms with Crippen LogP contribution in [0.5, 0.6) is 5.75 Å². The van der Waals surface area contributed by atoms with Crippen molar-refractivity contribution in [1.29, 1.82) is 0 Å². The third kappa shape index (κ3) is 3.89. The van der Waals surface area contributed by atoms with Gasteiger partial charge < -0.3 is 10.0 Å². The number of thiophene rings is 1. The number of benzene rings is 2. The van der Waals surface area contributed by atoms with Crippen LogP contribution in [0, 0.1) is 0 Å². The summed E-state index contributed by atoms with van der Waals surface area (Å²) in [7, 11) is -2.07. The summed E-state index contributed by atoms with van der Waals surface area (Å²) in [5, 5.41) is 11.2. The summed E-state index contributed by atoms with van der Waals surface area (Å²) in [6.45, 7) is 0. The lowest BCUT2D eigenvalue weighted by Crippen LogP contribution is -2.28. The number of hydrogen-bond donors (Lipinski definition) is 1. The highest BCUT2D eigenvalue weighted by Gasteiger charge is 2.19. The monoisotopic (exact) mass is 372 g/mol. The Hall–Kier alpha value is -2.64. The van der Waals surface area contributed by atoms with Crippen molar-refractivity contribution >= 4 is 32.9 Å². The van der Waals surface area contributed by atoms with Crippen molar-refractivity contribution in [3.8, 4) is 5.75 Å². The van der Waals surface area contributed by atoms with Gasteiger partial charge in [-0.3, -0.25) is 0 Å². The van der Waals surface area contributed by atoms with E-state index in [1.54, 1.807) is 59.8 Å². The molecule has 7 heteroatoms. The van der Waals surface area contributed by atoms with Gasteiger partial charge in [-0.2, -0.15) is 8.42 Å². The molecule has 0 atom stereocenters. The molecule has 0 spiro atoms. The van der Waals surface area contributed by atoms with E-state index in [0.717, 1.165) is 11.3 Å². The van der Waals surface area contributed by atoms with Crippen LogP contribution in [0.15, 0.2) is 80.7 Å². The Balaban J connectivity index is 2.10. The Morgan fingerprint density at radius 2 is 1.68 bits per heavy atom. The molecule has 3 rings (SSSR count). The van der Waals surface area contributed by atoms with Crippen LogP contribution in [0.1, 0.15) is 5.56 Å². The maximum absolute atomic E-state index is 12.6.